The normalized spacial score (nSPS) is 15.4. The molecule has 18 heavy (non-hydrogen) atoms. The van der Waals surface area contributed by atoms with E-state index < -0.39 is 0 Å². The number of hydrogen-bond acceptors (Lipinski definition) is 6. The Hall–Kier alpha value is -1.58. The van der Waals surface area contributed by atoms with Crippen LogP contribution in [0.1, 0.15) is 28.6 Å². The highest BCUT2D eigenvalue weighted by Crippen LogP contribution is 2.38. The Balaban J connectivity index is 2.40. The molecular formula is C12H16N4OS. The minimum atomic E-state index is 0.00962. The molecule has 0 bridgehead atoms. The molecule has 0 spiro atoms. The van der Waals surface area contributed by atoms with E-state index in [4.69, 9.17) is 5.73 Å². The molecule has 1 aromatic heterocycles. The Morgan fingerprint density at radius 2 is 2.22 bits per heavy atom. The van der Waals surface area contributed by atoms with E-state index in [-0.39, 0.29) is 5.78 Å². The minimum absolute atomic E-state index is 0.00962. The van der Waals surface area contributed by atoms with Crippen molar-refractivity contribution in [3.05, 3.63) is 10.4 Å². The standard InChI is InChI=1S/C12H16N4OS/c1-2-9(17)11-10(14)8(7-13)12(18-11)16-5-3-15-4-6-16/h15H,2-6,14H2,1H3. The van der Waals surface area contributed by atoms with Crippen molar-refractivity contribution in [3.8, 4) is 6.07 Å². The summed E-state index contributed by atoms with van der Waals surface area (Å²) in [6, 6.07) is 2.13. The predicted octanol–water partition coefficient (Wildman–Crippen LogP) is 1.20. The second-order valence-corrected chi connectivity index (χ2v) is 5.15. The number of nitrogens with zero attached hydrogens (tertiary/aromatic N) is 2. The first-order valence-corrected chi connectivity index (χ1v) is 6.81. The summed E-state index contributed by atoms with van der Waals surface area (Å²) in [5.74, 6) is 0.00962. The molecule has 1 fully saturated rings. The number of hydrogen-bond donors (Lipinski definition) is 2. The molecular weight excluding hydrogens is 248 g/mol. The van der Waals surface area contributed by atoms with Gasteiger partial charge in [0.1, 0.15) is 16.6 Å². The van der Waals surface area contributed by atoms with Crippen LogP contribution in [0.5, 0.6) is 0 Å². The maximum absolute atomic E-state index is 11.8. The number of ketones is 1. The molecule has 0 aromatic carbocycles. The van der Waals surface area contributed by atoms with E-state index in [0.717, 1.165) is 31.2 Å². The number of piperazine rings is 1. The number of Topliss-reactive ketones (excluding diaryl/α,β-unsaturated/α-hetero) is 1. The summed E-state index contributed by atoms with van der Waals surface area (Å²) in [6.45, 7) is 5.26. The van der Waals surface area contributed by atoms with Crippen LogP contribution in [0.4, 0.5) is 10.7 Å². The van der Waals surface area contributed by atoms with Gasteiger partial charge < -0.3 is 16.0 Å². The molecule has 96 valence electrons. The van der Waals surface area contributed by atoms with Gasteiger partial charge in [-0.3, -0.25) is 4.79 Å². The van der Waals surface area contributed by atoms with E-state index in [0.29, 0.717) is 22.5 Å². The molecule has 3 N–H and O–H groups in total. The smallest absolute Gasteiger partial charge is 0.174 e. The third-order valence-electron chi connectivity index (χ3n) is 3.02. The van der Waals surface area contributed by atoms with Crippen molar-refractivity contribution in [3.63, 3.8) is 0 Å². The van der Waals surface area contributed by atoms with Crippen LogP contribution in [0.25, 0.3) is 0 Å². The summed E-state index contributed by atoms with van der Waals surface area (Å²) >= 11 is 1.35. The van der Waals surface area contributed by atoms with Crippen molar-refractivity contribution < 1.29 is 4.79 Å². The second-order valence-electron chi connectivity index (χ2n) is 4.15. The topological polar surface area (TPSA) is 82.2 Å². The molecule has 0 aliphatic carbocycles. The highest BCUT2D eigenvalue weighted by Gasteiger charge is 2.24. The second kappa shape index (κ2) is 5.38. The zero-order valence-electron chi connectivity index (χ0n) is 10.3. The molecule has 0 unspecified atom stereocenters. The lowest BCUT2D eigenvalue weighted by Gasteiger charge is -2.28. The van der Waals surface area contributed by atoms with Gasteiger partial charge in [-0.25, -0.2) is 0 Å². The summed E-state index contributed by atoms with van der Waals surface area (Å²) < 4.78 is 0. The minimum Gasteiger partial charge on any atom is -0.396 e. The maximum Gasteiger partial charge on any atom is 0.174 e. The molecule has 6 heteroatoms. The summed E-state index contributed by atoms with van der Waals surface area (Å²) in [5.41, 5.74) is 6.73. The van der Waals surface area contributed by atoms with Gasteiger partial charge in [0.15, 0.2) is 5.78 Å². The third-order valence-corrected chi connectivity index (χ3v) is 4.32. The summed E-state index contributed by atoms with van der Waals surface area (Å²) in [6.07, 6.45) is 0.413. The van der Waals surface area contributed by atoms with Crippen molar-refractivity contribution in [2.45, 2.75) is 13.3 Å². The number of nitrogens with two attached hydrogens (primary N) is 1. The van der Waals surface area contributed by atoms with E-state index in [1.165, 1.54) is 11.3 Å². The van der Waals surface area contributed by atoms with Crippen LogP contribution < -0.4 is 16.0 Å². The highest BCUT2D eigenvalue weighted by atomic mass is 32.1. The van der Waals surface area contributed by atoms with E-state index in [9.17, 15) is 10.1 Å². The number of anilines is 2. The Morgan fingerprint density at radius 1 is 1.56 bits per heavy atom. The van der Waals surface area contributed by atoms with Crippen LogP contribution in [0.15, 0.2) is 0 Å². The predicted molar refractivity (Wildman–Crippen MR) is 73.2 cm³/mol. The van der Waals surface area contributed by atoms with E-state index in [1.807, 2.05) is 0 Å². The SMILES string of the molecule is CCC(=O)c1sc(N2CCNCC2)c(C#N)c1N. The van der Waals surface area contributed by atoms with E-state index in [2.05, 4.69) is 16.3 Å². The number of thiophene rings is 1. The van der Waals surface area contributed by atoms with Crippen molar-refractivity contribution in [2.24, 2.45) is 0 Å². The zero-order chi connectivity index (χ0) is 13.1. The van der Waals surface area contributed by atoms with E-state index >= 15 is 0 Å². The lowest BCUT2D eigenvalue weighted by atomic mass is 10.2. The van der Waals surface area contributed by atoms with E-state index in [1.54, 1.807) is 6.92 Å². The van der Waals surface area contributed by atoms with Crippen LogP contribution in [-0.2, 0) is 0 Å². The molecule has 0 radical (unpaired) electrons. The summed E-state index contributed by atoms with van der Waals surface area (Å²) in [4.78, 5) is 14.4. The number of nitrogens with one attached hydrogen (secondary N) is 1. The van der Waals surface area contributed by atoms with Gasteiger partial charge in [-0.05, 0) is 0 Å². The fourth-order valence-corrected chi connectivity index (χ4v) is 3.23. The fraction of sp³-hybridized carbons (Fsp3) is 0.500. The first kappa shape index (κ1) is 12.9. The number of carbonyl (C=O) groups is 1. The van der Waals surface area contributed by atoms with Crippen LogP contribution >= 0.6 is 11.3 Å². The first-order chi connectivity index (χ1) is 8.69. The number of carbonyl (C=O) groups excluding carboxylic acids is 1. The summed E-state index contributed by atoms with van der Waals surface area (Å²) in [7, 11) is 0. The van der Waals surface area contributed by atoms with Crippen molar-refractivity contribution in [1.82, 2.24) is 5.32 Å². The molecule has 1 aliphatic rings. The van der Waals surface area contributed by atoms with Gasteiger partial charge in [0.05, 0.1) is 10.6 Å². The average molecular weight is 264 g/mol. The van der Waals surface area contributed by atoms with Crippen molar-refractivity contribution in [1.29, 1.82) is 5.26 Å². The molecule has 2 heterocycles. The highest BCUT2D eigenvalue weighted by molar-refractivity contribution is 7.19. The van der Waals surface area contributed by atoms with Crippen LogP contribution in [-0.4, -0.2) is 32.0 Å². The molecule has 2 rings (SSSR count). The van der Waals surface area contributed by atoms with Crippen LogP contribution in [0.3, 0.4) is 0 Å². The molecule has 0 saturated carbocycles. The number of nitriles is 1. The molecule has 0 atom stereocenters. The molecule has 1 aliphatic heterocycles. The largest absolute Gasteiger partial charge is 0.396 e. The Kier molecular flexibility index (Phi) is 3.84. The Morgan fingerprint density at radius 3 is 2.78 bits per heavy atom. The van der Waals surface area contributed by atoms with Crippen LogP contribution in [0, 0.1) is 11.3 Å². The van der Waals surface area contributed by atoms with Gasteiger partial charge in [0.25, 0.3) is 0 Å². The average Bonchev–Trinajstić information content (AvgIpc) is 2.76. The van der Waals surface area contributed by atoms with Gasteiger partial charge in [-0.2, -0.15) is 5.26 Å². The Labute approximate surface area is 110 Å². The van der Waals surface area contributed by atoms with Crippen LogP contribution in [0.2, 0.25) is 0 Å². The van der Waals surface area contributed by atoms with Gasteiger partial charge in [-0.1, -0.05) is 6.92 Å². The molecule has 1 saturated heterocycles. The van der Waals surface area contributed by atoms with Crippen molar-refractivity contribution in [2.75, 3.05) is 36.8 Å². The fourth-order valence-electron chi connectivity index (χ4n) is 2.00. The lowest BCUT2D eigenvalue weighted by molar-refractivity contribution is 0.0993. The Bertz CT molecular complexity index is 497. The molecule has 0 amide bonds. The summed E-state index contributed by atoms with van der Waals surface area (Å²) in [5, 5.41) is 13.3. The van der Waals surface area contributed by atoms with Crippen molar-refractivity contribution >= 4 is 27.8 Å². The van der Waals surface area contributed by atoms with Gasteiger partial charge >= 0.3 is 0 Å². The maximum atomic E-state index is 11.8. The molecule has 1 aromatic rings. The third kappa shape index (κ3) is 2.19. The first-order valence-electron chi connectivity index (χ1n) is 6.00. The monoisotopic (exact) mass is 264 g/mol. The quantitative estimate of drug-likeness (QED) is 0.802. The molecule has 5 nitrogen and oxygen atoms in total. The van der Waals surface area contributed by atoms with Gasteiger partial charge in [0, 0.05) is 32.6 Å². The number of nitrogen functional groups attached to an aromatic ring is 1. The van der Waals surface area contributed by atoms with Gasteiger partial charge in [0.2, 0.25) is 0 Å². The van der Waals surface area contributed by atoms with Gasteiger partial charge in [-0.15, -0.1) is 11.3 Å². The lowest BCUT2D eigenvalue weighted by Crippen LogP contribution is -2.43. The zero-order valence-corrected chi connectivity index (χ0v) is 11.1. The number of rotatable bonds is 3.